The average Bonchev–Trinajstić information content (AvgIpc) is 4.12. The highest BCUT2D eigenvalue weighted by Gasteiger charge is 2.58. The number of fused-ring (bicyclic) bond motifs is 9. The first kappa shape index (κ1) is 41.6. The van der Waals surface area contributed by atoms with Gasteiger partial charge in [-0.1, -0.05) is 33.3 Å². The Labute approximate surface area is 368 Å². The molecule has 4 aromatic rings. The first-order valence-electron chi connectivity index (χ1n) is 22.9. The number of likely N-dealkylation sites (N-methyl/N-ethyl adjacent to an activating group) is 1. The van der Waals surface area contributed by atoms with Gasteiger partial charge in [-0.15, -0.1) is 11.3 Å². The van der Waals surface area contributed by atoms with Gasteiger partial charge in [0.1, 0.15) is 17.1 Å². The first-order valence-corrected chi connectivity index (χ1v) is 23.8. The van der Waals surface area contributed by atoms with Crippen LogP contribution in [0.2, 0.25) is 0 Å². The Morgan fingerprint density at radius 3 is 2.60 bits per heavy atom. The second-order valence-electron chi connectivity index (χ2n) is 20.1. The van der Waals surface area contributed by atoms with Gasteiger partial charge in [0, 0.05) is 85.1 Å². The van der Waals surface area contributed by atoms with Crippen LogP contribution in [0.5, 0.6) is 0 Å². The molecule has 1 spiro atoms. The van der Waals surface area contributed by atoms with E-state index < -0.39 is 22.9 Å². The summed E-state index contributed by atoms with van der Waals surface area (Å²) < 4.78 is 14.7. The average molecular weight is 863 g/mol. The number of methoxy groups -OCH3 is 1. The third kappa shape index (κ3) is 7.22. The molecule has 0 radical (unpaired) electrons. The largest absolute Gasteiger partial charge is 0.464 e. The van der Waals surface area contributed by atoms with Gasteiger partial charge in [-0.3, -0.25) is 24.4 Å². The van der Waals surface area contributed by atoms with E-state index in [9.17, 15) is 14.4 Å². The van der Waals surface area contributed by atoms with E-state index in [0.717, 1.165) is 115 Å². The van der Waals surface area contributed by atoms with Crippen molar-refractivity contribution in [1.82, 2.24) is 35.2 Å². The predicted octanol–water partition coefficient (Wildman–Crippen LogP) is 6.35. The number of anilines is 1. The maximum absolute atomic E-state index is 14.9. The number of cyclic esters (lactones) is 1. The number of carbonyl (C=O) groups excluding carboxylic acids is 3. The molecule has 3 aliphatic carbocycles. The molecule has 7 atom stereocenters. The minimum atomic E-state index is -0.804. The molecule has 330 valence electrons. The number of hydrogen-bond donors (Lipinski definition) is 2. The van der Waals surface area contributed by atoms with Crippen LogP contribution in [-0.2, 0) is 42.2 Å². The van der Waals surface area contributed by atoms with E-state index in [4.69, 9.17) is 19.4 Å². The van der Waals surface area contributed by atoms with E-state index in [1.807, 2.05) is 6.20 Å². The molecule has 5 fully saturated rings. The lowest BCUT2D eigenvalue weighted by molar-refractivity contribution is -0.157. The zero-order valence-corrected chi connectivity index (χ0v) is 38.1. The molecule has 1 aromatic carbocycles. The van der Waals surface area contributed by atoms with Crippen molar-refractivity contribution in [2.24, 2.45) is 29.1 Å². The number of amides is 2. The summed E-state index contributed by atoms with van der Waals surface area (Å²) in [5.74, 6) is -0.0805. The molecule has 10 rings (SSSR count). The number of hydrogen-bond acceptors (Lipinski definition) is 11. The second kappa shape index (κ2) is 15.7. The number of nitrogens with zero attached hydrogens (tertiary/aromatic N) is 6. The van der Waals surface area contributed by atoms with E-state index in [2.05, 4.69) is 96.4 Å². The van der Waals surface area contributed by atoms with Gasteiger partial charge in [0.25, 0.3) is 5.91 Å². The number of thiazole rings is 1. The Morgan fingerprint density at radius 2 is 1.90 bits per heavy atom. The summed E-state index contributed by atoms with van der Waals surface area (Å²) in [6.45, 7) is 15.9. The molecule has 0 unspecified atom stereocenters. The van der Waals surface area contributed by atoms with Gasteiger partial charge in [0.05, 0.1) is 47.1 Å². The fourth-order valence-corrected chi connectivity index (χ4v) is 11.9. The van der Waals surface area contributed by atoms with E-state index in [1.54, 1.807) is 23.5 Å². The molecule has 3 aliphatic heterocycles. The molecule has 62 heavy (non-hydrogen) atoms. The third-order valence-electron chi connectivity index (χ3n) is 15.2. The number of aromatic nitrogens is 3. The number of pyridine rings is 1. The minimum Gasteiger partial charge on any atom is -0.464 e. The highest BCUT2D eigenvalue weighted by molar-refractivity contribution is 7.10. The maximum Gasteiger partial charge on any atom is 0.325 e. The minimum absolute atomic E-state index is 0.0675. The van der Waals surface area contributed by atoms with Crippen molar-refractivity contribution in [3.63, 3.8) is 0 Å². The molecule has 6 aliphatic rings. The van der Waals surface area contributed by atoms with Gasteiger partial charge in [-0.25, -0.2) is 10.4 Å². The molecule has 13 nitrogen and oxygen atoms in total. The van der Waals surface area contributed by atoms with Crippen LogP contribution in [0, 0.1) is 29.1 Å². The van der Waals surface area contributed by atoms with Gasteiger partial charge in [0.2, 0.25) is 5.91 Å². The molecular formula is C48H62N8O5S. The van der Waals surface area contributed by atoms with E-state index in [0.29, 0.717) is 18.9 Å². The van der Waals surface area contributed by atoms with Crippen LogP contribution in [-0.4, -0.2) is 108 Å². The van der Waals surface area contributed by atoms with Crippen LogP contribution < -0.4 is 15.6 Å². The van der Waals surface area contributed by atoms with Crippen molar-refractivity contribution in [1.29, 1.82) is 0 Å². The summed E-state index contributed by atoms with van der Waals surface area (Å²) in [6, 6.07) is 7.54. The lowest BCUT2D eigenvalue weighted by atomic mass is 9.63. The summed E-state index contributed by atoms with van der Waals surface area (Å²) >= 11 is 1.58. The summed E-state index contributed by atoms with van der Waals surface area (Å²) in [5, 5.41) is 9.03. The predicted molar refractivity (Wildman–Crippen MR) is 240 cm³/mol. The van der Waals surface area contributed by atoms with Gasteiger partial charge >= 0.3 is 5.97 Å². The standard InChI is InChI=1S/C48H62N8O5S/c1-8-55-38-11-10-29-19-34(38)36(41(55)35-21-31(23-49-39(35)28(3)60-7)54-16-14-53(6)15-17-54)22-47(4,5)26-61-45(59)40-33-20-30(33)24-56(52-40)44(58)42(51-43(57)32-18-27(32)2)48(12-9-13-48)46-50-37(29)25-62-46/h10-11,19,21,23,25,27-28,30,32-33,40,42,52H,8-9,12-18,20,22,24,26H2,1-7H3,(H,51,57)/t27-,28-,30+,32-,33+,40-,42+/m0/s1. The van der Waals surface area contributed by atoms with Crippen molar-refractivity contribution < 1.29 is 23.9 Å². The van der Waals surface area contributed by atoms with Crippen molar-refractivity contribution in [2.75, 3.05) is 58.4 Å². The Balaban J connectivity index is 1.13. The molecular weight excluding hydrogens is 801 g/mol. The van der Waals surface area contributed by atoms with Crippen LogP contribution in [0.3, 0.4) is 0 Å². The number of benzene rings is 1. The van der Waals surface area contributed by atoms with Gasteiger partial charge in [-0.05, 0) is 94.5 Å². The fraction of sp³-hybridized carbons (Fsp3) is 0.604. The third-order valence-corrected chi connectivity index (χ3v) is 16.2. The topological polar surface area (TPSA) is 134 Å². The Morgan fingerprint density at radius 1 is 1.13 bits per heavy atom. The highest BCUT2D eigenvalue weighted by atomic mass is 32.1. The maximum atomic E-state index is 14.9. The van der Waals surface area contributed by atoms with Crippen molar-refractivity contribution in [3.05, 3.63) is 52.1 Å². The van der Waals surface area contributed by atoms with E-state index in [1.165, 1.54) is 5.56 Å². The number of nitrogens with one attached hydrogen (secondary N) is 2. The highest BCUT2D eigenvalue weighted by Crippen LogP contribution is 2.51. The SMILES string of the molecule is CCn1c(-c2cc(N3CCN(C)CC3)cnc2[C@H](C)OC)c2c3cc(ccc31)-c1csc(n1)C1(CCC1)[C@H](NC(=O)[C@H]1C[C@@H]1C)C(=O)N1C[C@H]3C[C@H]3[C@H](N1)C(=O)OCC(C)(C)C2. The lowest BCUT2D eigenvalue weighted by Crippen LogP contribution is -2.66. The summed E-state index contributed by atoms with van der Waals surface area (Å²) in [6.07, 6.45) is 6.48. The zero-order chi connectivity index (χ0) is 43.2. The molecule has 3 saturated carbocycles. The van der Waals surface area contributed by atoms with Crippen molar-refractivity contribution in [2.45, 2.75) is 103 Å². The Kier molecular flexibility index (Phi) is 10.5. The summed E-state index contributed by atoms with van der Waals surface area (Å²) in [5.41, 5.74) is 10.5. The number of esters is 1. The molecule has 2 amide bonds. The number of aryl methyl sites for hydroxylation is 1. The lowest BCUT2D eigenvalue weighted by Gasteiger charge is -2.47. The second-order valence-corrected chi connectivity index (χ2v) is 20.9. The first-order chi connectivity index (χ1) is 29.8. The molecule has 2 N–H and O–H groups in total. The number of rotatable bonds is 7. The van der Waals surface area contributed by atoms with Gasteiger partial charge in [0.15, 0.2) is 0 Å². The molecule has 2 saturated heterocycles. The number of hydrazine groups is 1. The van der Waals surface area contributed by atoms with Crippen LogP contribution in [0.15, 0.2) is 35.8 Å². The van der Waals surface area contributed by atoms with Crippen molar-refractivity contribution >= 4 is 45.7 Å². The van der Waals surface area contributed by atoms with Crippen molar-refractivity contribution in [3.8, 4) is 22.5 Å². The summed E-state index contributed by atoms with van der Waals surface area (Å²) in [4.78, 5) is 58.2. The molecule has 3 aromatic heterocycles. The molecule has 14 heteroatoms. The monoisotopic (exact) mass is 862 g/mol. The fourth-order valence-electron chi connectivity index (χ4n) is 10.8. The van der Waals surface area contributed by atoms with E-state index >= 15 is 0 Å². The Bertz CT molecular complexity index is 2410. The van der Waals surface area contributed by atoms with Crippen LogP contribution in [0.25, 0.3) is 33.4 Å². The normalized spacial score (nSPS) is 28.5. The number of carbonyl (C=O) groups is 3. The molecule has 6 bridgehead atoms. The number of ether oxygens (including phenoxy) is 2. The zero-order valence-electron chi connectivity index (χ0n) is 37.3. The van der Waals surface area contributed by atoms with Crippen LogP contribution in [0.1, 0.15) is 89.1 Å². The van der Waals surface area contributed by atoms with Gasteiger partial charge in [-0.2, -0.15) is 0 Å². The van der Waals surface area contributed by atoms with Crippen LogP contribution >= 0.6 is 11.3 Å². The van der Waals surface area contributed by atoms with E-state index in [-0.39, 0.29) is 48.2 Å². The number of piperazine rings is 1. The quantitative estimate of drug-likeness (QED) is 0.203. The Hall–Kier alpha value is -4.37. The smallest absolute Gasteiger partial charge is 0.325 e. The molecule has 6 heterocycles. The van der Waals surface area contributed by atoms with Gasteiger partial charge < -0.3 is 29.2 Å². The summed E-state index contributed by atoms with van der Waals surface area (Å²) in [7, 11) is 3.91. The van der Waals surface area contributed by atoms with Crippen LogP contribution in [0.4, 0.5) is 5.69 Å².